The van der Waals surface area contributed by atoms with Crippen LogP contribution < -0.4 is 20.2 Å². The summed E-state index contributed by atoms with van der Waals surface area (Å²) in [6.07, 6.45) is 0.581. The number of hydrogen-bond donors (Lipinski definition) is 2. The monoisotopic (exact) mass is 381 g/mol. The Morgan fingerprint density at radius 3 is 2.57 bits per heavy atom. The second-order valence-electron chi connectivity index (χ2n) is 6.62. The van der Waals surface area contributed by atoms with Gasteiger partial charge in [-0.3, -0.25) is 9.59 Å². The van der Waals surface area contributed by atoms with E-state index in [0.717, 1.165) is 16.8 Å². The van der Waals surface area contributed by atoms with Crippen LogP contribution in [0.25, 0.3) is 0 Å². The van der Waals surface area contributed by atoms with Crippen molar-refractivity contribution in [1.82, 2.24) is 5.43 Å². The number of amides is 2. The second-order valence-corrected chi connectivity index (χ2v) is 6.62. The molecule has 0 spiro atoms. The molecule has 146 valence electrons. The zero-order valence-corrected chi connectivity index (χ0v) is 16.1. The number of hydrazone groups is 1. The number of nitrogens with zero attached hydrogens (tertiary/aromatic N) is 1. The maximum atomic E-state index is 12.4. The van der Waals surface area contributed by atoms with Gasteiger partial charge in [-0.1, -0.05) is 19.1 Å². The Morgan fingerprint density at radius 1 is 1.18 bits per heavy atom. The lowest BCUT2D eigenvalue weighted by molar-refractivity contribution is -0.122. The van der Waals surface area contributed by atoms with Crippen LogP contribution in [-0.4, -0.2) is 31.7 Å². The first-order chi connectivity index (χ1) is 13.5. The highest BCUT2D eigenvalue weighted by Crippen LogP contribution is 2.25. The maximum Gasteiger partial charge on any atom is 0.240 e. The summed E-state index contributed by atoms with van der Waals surface area (Å²) in [7, 11) is 3.15. The number of methoxy groups -OCH3 is 2. The fourth-order valence-electron chi connectivity index (χ4n) is 3.12. The summed E-state index contributed by atoms with van der Waals surface area (Å²) in [4.78, 5) is 23.8. The predicted molar refractivity (Wildman–Crippen MR) is 107 cm³/mol. The van der Waals surface area contributed by atoms with Gasteiger partial charge in [-0.15, -0.1) is 0 Å². The summed E-state index contributed by atoms with van der Waals surface area (Å²) < 4.78 is 10.5. The van der Waals surface area contributed by atoms with Crippen molar-refractivity contribution in [1.29, 1.82) is 0 Å². The van der Waals surface area contributed by atoms with Gasteiger partial charge in [-0.25, -0.2) is 5.43 Å². The van der Waals surface area contributed by atoms with Crippen molar-refractivity contribution >= 4 is 23.2 Å². The van der Waals surface area contributed by atoms with Gasteiger partial charge >= 0.3 is 0 Å². The van der Waals surface area contributed by atoms with Crippen molar-refractivity contribution in [3.05, 3.63) is 53.6 Å². The van der Waals surface area contributed by atoms with Gasteiger partial charge in [0.15, 0.2) is 0 Å². The van der Waals surface area contributed by atoms with Gasteiger partial charge in [-0.2, -0.15) is 5.10 Å². The van der Waals surface area contributed by atoms with E-state index in [-0.39, 0.29) is 24.2 Å². The van der Waals surface area contributed by atoms with Gasteiger partial charge in [0.05, 0.1) is 26.4 Å². The summed E-state index contributed by atoms with van der Waals surface area (Å²) in [5.41, 5.74) is 5.69. The molecule has 7 heteroatoms. The molecule has 2 aromatic rings. The van der Waals surface area contributed by atoms with Gasteiger partial charge in [0.1, 0.15) is 11.5 Å². The van der Waals surface area contributed by atoms with Crippen molar-refractivity contribution < 1.29 is 19.1 Å². The van der Waals surface area contributed by atoms with Gasteiger partial charge in [0.2, 0.25) is 11.8 Å². The van der Waals surface area contributed by atoms with Crippen molar-refractivity contribution in [3.8, 4) is 11.5 Å². The molecular weight excluding hydrogens is 358 g/mol. The lowest BCUT2D eigenvalue weighted by Crippen LogP contribution is -2.31. The van der Waals surface area contributed by atoms with E-state index >= 15 is 0 Å². The van der Waals surface area contributed by atoms with E-state index in [0.29, 0.717) is 23.6 Å². The Kier molecular flexibility index (Phi) is 5.93. The van der Waals surface area contributed by atoms with E-state index in [1.54, 1.807) is 32.4 Å². The van der Waals surface area contributed by atoms with Crippen molar-refractivity contribution in [2.24, 2.45) is 11.0 Å². The molecule has 0 bridgehead atoms. The van der Waals surface area contributed by atoms with Crippen LogP contribution in [0.1, 0.15) is 24.5 Å². The molecule has 1 aliphatic heterocycles. The molecule has 0 aliphatic carbocycles. The molecule has 1 heterocycles. The summed E-state index contributed by atoms with van der Waals surface area (Å²) in [6.45, 7) is 1.97. The topological polar surface area (TPSA) is 89.0 Å². The summed E-state index contributed by atoms with van der Waals surface area (Å²) >= 11 is 0. The van der Waals surface area contributed by atoms with Crippen LogP contribution in [-0.2, 0) is 16.0 Å². The maximum absolute atomic E-state index is 12.4. The zero-order chi connectivity index (χ0) is 20.1. The average molecular weight is 381 g/mol. The van der Waals surface area contributed by atoms with E-state index < -0.39 is 0 Å². The number of carbonyl (C=O) groups excluding carboxylic acids is 2. The number of carbonyl (C=O) groups is 2. The van der Waals surface area contributed by atoms with Gasteiger partial charge < -0.3 is 14.8 Å². The normalized spacial score (nSPS) is 16.0. The molecule has 2 N–H and O–H groups in total. The Labute approximate surface area is 163 Å². The Balaban J connectivity index is 1.68. The highest BCUT2D eigenvalue weighted by Gasteiger charge is 2.21. The highest BCUT2D eigenvalue weighted by atomic mass is 16.5. The van der Waals surface area contributed by atoms with Crippen LogP contribution in [0.3, 0.4) is 0 Å². The molecule has 1 unspecified atom stereocenters. The first-order valence-corrected chi connectivity index (χ1v) is 8.97. The molecular formula is C21H23N3O4. The summed E-state index contributed by atoms with van der Waals surface area (Å²) in [5, 5.41) is 7.03. The number of nitrogens with one attached hydrogen (secondary N) is 2. The fourth-order valence-corrected chi connectivity index (χ4v) is 3.12. The summed E-state index contributed by atoms with van der Waals surface area (Å²) in [6, 6.07) is 12.8. The average Bonchev–Trinajstić information content (AvgIpc) is 2.68. The van der Waals surface area contributed by atoms with Gasteiger partial charge in [-0.05, 0) is 35.9 Å². The van der Waals surface area contributed by atoms with Crippen LogP contribution >= 0.6 is 0 Å². The quantitative estimate of drug-likeness (QED) is 0.805. The number of anilines is 1. The number of hydrogen-bond acceptors (Lipinski definition) is 5. The van der Waals surface area contributed by atoms with Crippen LogP contribution in [0.5, 0.6) is 11.5 Å². The zero-order valence-electron chi connectivity index (χ0n) is 16.1. The van der Waals surface area contributed by atoms with Gasteiger partial charge in [0.25, 0.3) is 0 Å². The molecule has 0 saturated carbocycles. The van der Waals surface area contributed by atoms with Crippen LogP contribution in [0.2, 0.25) is 0 Å². The SMILES string of the molecule is COc1ccc(OC)c(CC(=O)Nc2ccc(C3=NNC(=O)CC3C)cc2)c1. The number of benzene rings is 2. The first kappa shape index (κ1) is 19.4. The molecule has 0 radical (unpaired) electrons. The standard InChI is InChI=1S/C21H23N3O4/c1-13-10-20(26)23-24-21(13)14-4-6-16(7-5-14)22-19(25)12-15-11-17(27-2)8-9-18(15)28-3/h4-9,11,13H,10,12H2,1-3H3,(H,22,25)(H,23,26). The minimum Gasteiger partial charge on any atom is -0.497 e. The van der Waals surface area contributed by atoms with Crippen LogP contribution in [0.4, 0.5) is 5.69 Å². The van der Waals surface area contributed by atoms with Gasteiger partial charge in [0, 0.05) is 23.6 Å². The molecule has 0 aromatic heterocycles. The Hall–Kier alpha value is -3.35. The lowest BCUT2D eigenvalue weighted by Gasteiger charge is -2.19. The molecule has 1 aliphatic rings. The molecule has 1 atom stereocenters. The molecule has 2 aromatic carbocycles. The minimum atomic E-state index is -0.157. The number of ether oxygens (including phenoxy) is 2. The first-order valence-electron chi connectivity index (χ1n) is 8.97. The lowest BCUT2D eigenvalue weighted by atomic mass is 9.94. The summed E-state index contributed by atoms with van der Waals surface area (Å²) in [5.74, 6) is 1.12. The van der Waals surface area contributed by atoms with Crippen molar-refractivity contribution in [3.63, 3.8) is 0 Å². The van der Waals surface area contributed by atoms with E-state index in [1.165, 1.54) is 0 Å². The molecule has 7 nitrogen and oxygen atoms in total. The molecule has 3 rings (SSSR count). The molecule has 28 heavy (non-hydrogen) atoms. The highest BCUT2D eigenvalue weighted by molar-refractivity contribution is 6.06. The predicted octanol–water partition coefficient (Wildman–Crippen LogP) is 2.75. The number of rotatable bonds is 6. The Morgan fingerprint density at radius 2 is 1.93 bits per heavy atom. The largest absolute Gasteiger partial charge is 0.497 e. The Bertz CT molecular complexity index is 906. The van der Waals surface area contributed by atoms with E-state index in [2.05, 4.69) is 15.8 Å². The van der Waals surface area contributed by atoms with E-state index in [1.807, 2.05) is 31.2 Å². The molecule has 2 amide bonds. The van der Waals surface area contributed by atoms with E-state index in [9.17, 15) is 9.59 Å². The third-order valence-electron chi connectivity index (χ3n) is 4.56. The second kappa shape index (κ2) is 8.56. The molecule has 0 saturated heterocycles. The van der Waals surface area contributed by atoms with E-state index in [4.69, 9.17) is 9.47 Å². The fraction of sp³-hybridized carbons (Fsp3) is 0.286. The van der Waals surface area contributed by atoms with Crippen LogP contribution in [0.15, 0.2) is 47.6 Å². The van der Waals surface area contributed by atoms with Crippen molar-refractivity contribution in [2.45, 2.75) is 19.8 Å². The third-order valence-corrected chi connectivity index (χ3v) is 4.56. The molecule has 0 fully saturated rings. The third kappa shape index (κ3) is 4.49. The van der Waals surface area contributed by atoms with Crippen LogP contribution in [0, 0.1) is 5.92 Å². The minimum absolute atomic E-state index is 0.0507. The van der Waals surface area contributed by atoms with Crippen molar-refractivity contribution in [2.75, 3.05) is 19.5 Å². The smallest absolute Gasteiger partial charge is 0.240 e.